The molecule has 1 aromatic carbocycles. The number of urea groups is 1. The van der Waals surface area contributed by atoms with Gasteiger partial charge in [-0.1, -0.05) is 17.7 Å². The maximum Gasteiger partial charge on any atom is 0.320 e. The summed E-state index contributed by atoms with van der Waals surface area (Å²) >= 11 is 0. The number of carbonyl (C=O) groups excluding carboxylic acids is 1. The van der Waals surface area contributed by atoms with E-state index in [0.717, 1.165) is 24.3 Å². The second-order valence-corrected chi connectivity index (χ2v) is 5.95. The van der Waals surface area contributed by atoms with Crippen molar-refractivity contribution < 1.29 is 4.79 Å². The third-order valence-corrected chi connectivity index (χ3v) is 3.85. The summed E-state index contributed by atoms with van der Waals surface area (Å²) in [7, 11) is 0. The predicted octanol–water partition coefficient (Wildman–Crippen LogP) is 2.90. The van der Waals surface area contributed by atoms with E-state index in [1.54, 1.807) is 12.5 Å². The van der Waals surface area contributed by atoms with Gasteiger partial charge in [0.15, 0.2) is 5.82 Å². The summed E-state index contributed by atoms with van der Waals surface area (Å²) in [5.41, 5.74) is 3.12. The largest absolute Gasteiger partial charge is 0.338 e. The van der Waals surface area contributed by atoms with E-state index in [9.17, 15) is 4.79 Å². The molecule has 0 saturated carbocycles. The Kier molecular flexibility index (Phi) is 5.13. The molecular weight excluding hydrogens is 316 g/mol. The molecule has 3 aromatic rings. The first-order valence-electron chi connectivity index (χ1n) is 8.26. The molecular formula is C18H22N6O. The predicted molar refractivity (Wildman–Crippen MR) is 96.9 cm³/mol. The smallest absolute Gasteiger partial charge is 0.320 e. The Hall–Kier alpha value is -3.09. The lowest BCUT2D eigenvalue weighted by Crippen LogP contribution is -2.30. The molecule has 2 N–H and O–H groups in total. The van der Waals surface area contributed by atoms with E-state index in [1.807, 2.05) is 59.6 Å². The summed E-state index contributed by atoms with van der Waals surface area (Å²) in [6.45, 7) is 5.41. The molecule has 2 heterocycles. The summed E-state index contributed by atoms with van der Waals surface area (Å²) in [4.78, 5) is 16.0. The van der Waals surface area contributed by atoms with Crippen LogP contribution in [-0.2, 0) is 6.54 Å². The van der Waals surface area contributed by atoms with Gasteiger partial charge in [-0.3, -0.25) is 5.32 Å². The number of aromatic nitrogens is 4. The van der Waals surface area contributed by atoms with Crippen LogP contribution in [0.15, 0.2) is 49.1 Å². The highest BCUT2D eigenvalue weighted by molar-refractivity contribution is 5.88. The van der Waals surface area contributed by atoms with Gasteiger partial charge in [0.2, 0.25) is 0 Å². The summed E-state index contributed by atoms with van der Waals surface area (Å²) < 4.78 is 3.79. The van der Waals surface area contributed by atoms with Gasteiger partial charge in [0.25, 0.3) is 0 Å². The van der Waals surface area contributed by atoms with E-state index in [-0.39, 0.29) is 6.03 Å². The Labute approximate surface area is 146 Å². The van der Waals surface area contributed by atoms with Crippen molar-refractivity contribution in [2.45, 2.75) is 26.8 Å². The topological polar surface area (TPSA) is 76.8 Å². The van der Waals surface area contributed by atoms with Crippen molar-refractivity contribution in [3.8, 4) is 5.69 Å². The molecule has 0 fully saturated rings. The molecule has 0 spiro atoms. The van der Waals surface area contributed by atoms with Crippen LogP contribution in [0.3, 0.4) is 0 Å². The molecule has 0 unspecified atom stereocenters. The van der Waals surface area contributed by atoms with Crippen molar-refractivity contribution >= 4 is 11.8 Å². The summed E-state index contributed by atoms with van der Waals surface area (Å²) in [5, 5.41) is 10.1. The van der Waals surface area contributed by atoms with E-state index < -0.39 is 0 Å². The minimum atomic E-state index is -0.251. The molecule has 0 radical (unpaired) electrons. The first kappa shape index (κ1) is 16.8. The van der Waals surface area contributed by atoms with Gasteiger partial charge in [0.05, 0.1) is 12.0 Å². The molecule has 7 heteroatoms. The third kappa shape index (κ3) is 4.47. The lowest BCUT2D eigenvalue weighted by Gasteiger charge is -2.06. The molecule has 3 rings (SSSR count). The molecule has 7 nitrogen and oxygen atoms in total. The highest BCUT2D eigenvalue weighted by atomic mass is 16.2. The van der Waals surface area contributed by atoms with Crippen molar-refractivity contribution in [3.63, 3.8) is 0 Å². The number of anilines is 1. The van der Waals surface area contributed by atoms with Crippen LogP contribution < -0.4 is 10.6 Å². The van der Waals surface area contributed by atoms with Gasteiger partial charge in [0.1, 0.15) is 0 Å². The number of nitrogens with one attached hydrogen (secondary N) is 2. The van der Waals surface area contributed by atoms with Crippen molar-refractivity contribution in [2.24, 2.45) is 0 Å². The average molecular weight is 338 g/mol. The number of amides is 2. The SMILES string of the molecule is Cc1ccc(-n2nc(NC(=O)NCCCn3ccnc3)cc2C)cc1. The normalized spacial score (nSPS) is 10.6. The number of hydrogen-bond donors (Lipinski definition) is 2. The number of imidazole rings is 1. The van der Waals surface area contributed by atoms with Gasteiger partial charge in [-0.2, -0.15) is 0 Å². The van der Waals surface area contributed by atoms with E-state index in [2.05, 4.69) is 20.7 Å². The van der Waals surface area contributed by atoms with E-state index in [4.69, 9.17) is 0 Å². The molecule has 0 atom stereocenters. The van der Waals surface area contributed by atoms with Crippen molar-refractivity contribution in [1.29, 1.82) is 0 Å². The number of carbonyl (C=O) groups is 1. The molecule has 0 saturated heterocycles. The van der Waals surface area contributed by atoms with Crippen LogP contribution in [0.4, 0.5) is 10.6 Å². The quantitative estimate of drug-likeness (QED) is 0.679. The lowest BCUT2D eigenvalue weighted by atomic mass is 10.2. The van der Waals surface area contributed by atoms with Crippen molar-refractivity contribution in [1.82, 2.24) is 24.6 Å². The van der Waals surface area contributed by atoms with Gasteiger partial charge in [-0.25, -0.2) is 14.5 Å². The zero-order chi connectivity index (χ0) is 17.6. The van der Waals surface area contributed by atoms with Crippen LogP contribution in [0.1, 0.15) is 17.7 Å². The number of rotatable bonds is 6. The molecule has 0 aliphatic rings. The Morgan fingerprint density at radius 2 is 2.00 bits per heavy atom. The summed E-state index contributed by atoms with van der Waals surface area (Å²) in [6, 6.07) is 9.70. The second-order valence-electron chi connectivity index (χ2n) is 5.95. The second kappa shape index (κ2) is 7.65. The molecule has 2 amide bonds. The first-order valence-corrected chi connectivity index (χ1v) is 8.26. The monoisotopic (exact) mass is 338 g/mol. The van der Waals surface area contributed by atoms with E-state index >= 15 is 0 Å². The highest BCUT2D eigenvalue weighted by Crippen LogP contribution is 2.15. The van der Waals surface area contributed by atoms with Crippen molar-refractivity contribution in [3.05, 3.63) is 60.3 Å². The van der Waals surface area contributed by atoms with Gasteiger partial charge in [0, 0.05) is 37.2 Å². The minimum absolute atomic E-state index is 0.251. The average Bonchev–Trinajstić information content (AvgIpc) is 3.22. The first-order chi connectivity index (χ1) is 12.1. The lowest BCUT2D eigenvalue weighted by molar-refractivity contribution is 0.251. The highest BCUT2D eigenvalue weighted by Gasteiger charge is 2.09. The van der Waals surface area contributed by atoms with Crippen LogP contribution in [0.5, 0.6) is 0 Å². The van der Waals surface area contributed by atoms with Crippen LogP contribution in [0.25, 0.3) is 5.69 Å². The van der Waals surface area contributed by atoms with Crippen LogP contribution in [0, 0.1) is 13.8 Å². The number of benzene rings is 1. The molecule has 2 aromatic heterocycles. The molecule has 130 valence electrons. The fourth-order valence-corrected chi connectivity index (χ4v) is 2.53. The molecule has 0 aliphatic heterocycles. The van der Waals surface area contributed by atoms with Gasteiger partial charge < -0.3 is 9.88 Å². The Morgan fingerprint density at radius 1 is 1.20 bits per heavy atom. The minimum Gasteiger partial charge on any atom is -0.338 e. The van der Waals surface area contributed by atoms with E-state index in [1.165, 1.54) is 5.56 Å². The Bertz CT molecular complexity index is 820. The van der Waals surface area contributed by atoms with Gasteiger partial charge >= 0.3 is 6.03 Å². The van der Waals surface area contributed by atoms with Gasteiger partial charge in [-0.15, -0.1) is 5.10 Å². The molecule has 25 heavy (non-hydrogen) atoms. The standard InChI is InChI=1S/C18H22N6O/c1-14-4-6-16(7-5-14)24-15(2)12-17(22-24)21-18(25)20-8-3-10-23-11-9-19-13-23/h4-7,9,11-13H,3,8,10H2,1-2H3,(H2,20,21,22,25). The fraction of sp³-hybridized carbons (Fsp3) is 0.278. The fourth-order valence-electron chi connectivity index (χ4n) is 2.53. The summed E-state index contributed by atoms with van der Waals surface area (Å²) in [6.07, 6.45) is 6.24. The zero-order valence-corrected chi connectivity index (χ0v) is 14.4. The Morgan fingerprint density at radius 3 is 2.72 bits per heavy atom. The number of aryl methyl sites for hydroxylation is 3. The molecule has 0 aliphatic carbocycles. The summed E-state index contributed by atoms with van der Waals surface area (Å²) in [5.74, 6) is 0.533. The third-order valence-electron chi connectivity index (χ3n) is 3.85. The van der Waals surface area contributed by atoms with E-state index in [0.29, 0.717) is 12.4 Å². The maximum atomic E-state index is 12.0. The van der Waals surface area contributed by atoms with Crippen LogP contribution in [-0.4, -0.2) is 31.9 Å². The van der Waals surface area contributed by atoms with Crippen LogP contribution in [0.2, 0.25) is 0 Å². The van der Waals surface area contributed by atoms with Gasteiger partial charge in [-0.05, 0) is 32.4 Å². The zero-order valence-electron chi connectivity index (χ0n) is 14.4. The molecule has 0 bridgehead atoms. The maximum absolute atomic E-state index is 12.0. The number of nitrogens with zero attached hydrogens (tertiary/aromatic N) is 4. The van der Waals surface area contributed by atoms with Crippen molar-refractivity contribution in [2.75, 3.05) is 11.9 Å². The Balaban J connectivity index is 1.51. The van der Waals surface area contributed by atoms with Crippen LogP contribution >= 0.6 is 0 Å². The number of hydrogen-bond acceptors (Lipinski definition) is 3.